The zero-order chi connectivity index (χ0) is 17.9. The highest BCUT2D eigenvalue weighted by Gasteiger charge is 2.15. The molecule has 0 spiro atoms. The molecule has 2 rings (SSSR count). The number of ether oxygens (including phenoxy) is 2. The number of hydrogen-bond acceptors (Lipinski definition) is 12. The number of hydrazine groups is 2. The van der Waals surface area contributed by atoms with Crippen LogP contribution in [0.1, 0.15) is 34.8 Å². The fourth-order valence-electron chi connectivity index (χ4n) is 1.39. The van der Waals surface area contributed by atoms with Gasteiger partial charge < -0.3 is 20.3 Å². The lowest BCUT2D eigenvalue weighted by Crippen LogP contribution is -2.12. The van der Waals surface area contributed by atoms with E-state index in [0.29, 0.717) is 23.2 Å². The van der Waals surface area contributed by atoms with E-state index in [1.54, 1.807) is 13.8 Å². The minimum atomic E-state index is -0.452. The van der Waals surface area contributed by atoms with Gasteiger partial charge in [-0.25, -0.2) is 31.2 Å². The van der Waals surface area contributed by atoms with E-state index in [4.69, 9.17) is 21.2 Å². The van der Waals surface area contributed by atoms with Crippen molar-refractivity contribution in [2.24, 2.45) is 11.7 Å². The van der Waals surface area contributed by atoms with E-state index in [1.165, 1.54) is 33.7 Å². The van der Waals surface area contributed by atoms with E-state index in [9.17, 15) is 9.59 Å². The van der Waals surface area contributed by atoms with Crippen molar-refractivity contribution in [2.75, 3.05) is 24.1 Å². The van der Waals surface area contributed by atoms with E-state index in [2.05, 4.69) is 20.8 Å². The van der Waals surface area contributed by atoms with Gasteiger partial charge in [-0.05, 0) is 13.8 Å². The third-order valence-corrected chi connectivity index (χ3v) is 3.85. The molecule has 0 saturated heterocycles. The second kappa shape index (κ2) is 10.5. The molecular weight excluding hydrogens is 356 g/mol. The highest BCUT2D eigenvalue weighted by atomic mass is 32.1. The number of anilines is 2. The maximum atomic E-state index is 11.1. The molecule has 6 N–H and O–H groups in total. The van der Waals surface area contributed by atoms with Crippen LogP contribution >= 0.6 is 22.7 Å². The Morgan fingerprint density at radius 1 is 0.958 bits per heavy atom. The highest BCUT2D eigenvalue weighted by molar-refractivity contribution is 7.14. The van der Waals surface area contributed by atoms with Crippen molar-refractivity contribution < 1.29 is 19.1 Å². The van der Waals surface area contributed by atoms with Crippen molar-refractivity contribution in [3.63, 3.8) is 0 Å². The first-order chi connectivity index (χ1) is 11.6. The first kappa shape index (κ1) is 19.8. The van der Waals surface area contributed by atoms with Gasteiger partial charge in [-0.3, -0.25) is 0 Å². The molecule has 0 unspecified atom stereocenters. The van der Waals surface area contributed by atoms with Gasteiger partial charge >= 0.3 is 11.9 Å². The van der Waals surface area contributed by atoms with Crippen LogP contribution in [0.4, 0.5) is 10.0 Å². The molecule has 0 aliphatic rings. The lowest BCUT2D eigenvalue weighted by Gasteiger charge is -1.99. The minimum Gasteiger partial charge on any atom is -0.461 e. The number of nitrogens with zero attached hydrogens (tertiary/aromatic N) is 2. The van der Waals surface area contributed by atoms with Crippen LogP contribution in [-0.2, 0) is 9.47 Å². The van der Waals surface area contributed by atoms with Crippen LogP contribution in [0.15, 0.2) is 11.0 Å². The number of nitrogen functional groups attached to an aromatic ring is 2. The van der Waals surface area contributed by atoms with Crippen LogP contribution in [0.3, 0.4) is 0 Å². The Morgan fingerprint density at radius 3 is 1.62 bits per heavy atom. The molecule has 0 bridgehead atoms. The summed E-state index contributed by atoms with van der Waals surface area (Å²) in [7, 11) is 0. The summed E-state index contributed by atoms with van der Waals surface area (Å²) in [4.78, 5) is 29.8. The number of aromatic nitrogens is 2. The van der Waals surface area contributed by atoms with E-state index < -0.39 is 11.9 Å². The molecule has 2 heterocycles. The molecule has 132 valence electrons. The summed E-state index contributed by atoms with van der Waals surface area (Å²) in [6, 6.07) is 0. The number of carbonyl (C=O) groups excluding carboxylic acids is 2. The zero-order valence-electron chi connectivity index (χ0n) is 13.1. The van der Waals surface area contributed by atoms with Crippen molar-refractivity contribution in [1.29, 1.82) is 0 Å². The van der Waals surface area contributed by atoms with Gasteiger partial charge in [0.1, 0.15) is 10.0 Å². The molecule has 0 aliphatic carbocycles. The normalized spacial score (nSPS) is 9.50. The van der Waals surface area contributed by atoms with Crippen LogP contribution in [0.5, 0.6) is 0 Å². The fourth-order valence-corrected chi connectivity index (χ4v) is 2.55. The molecule has 12 heteroatoms. The summed E-state index contributed by atoms with van der Waals surface area (Å²) in [5.41, 5.74) is 8.28. The number of thiazole rings is 2. The summed E-state index contributed by atoms with van der Waals surface area (Å²) < 4.78 is 9.48. The quantitative estimate of drug-likeness (QED) is 0.329. The van der Waals surface area contributed by atoms with Crippen molar-refractivity contribution in [1.82, 2.24) is 9.97 Å². The second-order valence-electron chi connectivity index (χ2n) is 3.79. The summed E-state index contributed by atoms with van der Waals surface area (Å²) in [5, 5.41) is 1.04. The van der Waals surface area contributed by atoms with Crippen molar-refractivity contribution in [2.45, 2.75) is 13.8 Å². The first-order valence-corrected chi connectivity index (χ1v) is 8.49. The van der Waals surface area contributed by atoms with Gasteiger partial charge in [0.25, 0.3) is 0 Å². The number of nitrogens with one attached hydrogen (secondary N) is 2. The van der Waals surface area contributed by atoms with Gasteiger partial charge in [-0.2, -0.15) is 0 Å². The Labute approximate surface area is 146 Å². The predicted octanol–water partition coefficient (Wildman–Crippen LogP) is 1.21. The van der Waals surface area contributed by atoms with Gasteiger partial charge in [0.2, 0.25) is 0 Å². The molecule has 0 saturated carbocycles. The maximum absolute atomic E-state index is 11.1. The van der Waals surface area contributed by atoms with Crippen LogP contribution < -0.4 is 22.5 Å². The standard InChI is InChI=1S/2C6H9N3O2S/c2*1-2-11-6(10)4-5(9-7)12-3-8-4/h2*3,9H,2,7H2,1H3. The summed E-state index contributed by atoms with van der Waals surface area (Å²) >= 11 is 2.51. The van der Waals surface area contributed by atoms with Crippen LogP contribution in [0.25, 0.3) is 0 Å². The van der Waals surface area contributed by atoms with Crippen molar-refractivity contribution >= 4 is 44.6 Å². The van der Waals surface area contributed by atoms with Gasteiger partial charge in [0, 0.05) is 0 Å². The van der Waals surface area contributed by atoms with Crippen LogP contribution in [-0.4, -0.2) is 35.1 Å². The molecule has 0 aromatic carbocycles. The Morgan fingerprint density at radius 2 is 1.33 bits per heavy atom. The molecule has 0 amide bonds. The van der Waals surface area contributed by atoms with Crippen LogP contribution in [0, 0.1) is 0 Å². The SMILES string of the molecule is CCOC(=O)c1ncsc1NN.CCOC(=O)c1ncsc1NN. The van der Waals surface area contributed by atoms with Crippen molar-refractivity contribution in [3.05, 3.63) is 22.4 Å². The monoisotopic (exact) mass is 374 g/mol. The van der Waals surface area contributed by atoms with Crippen LogP contribution in [0.2, 0.25) is 0 Å². The Hall–Kier alpha value is -2.28. The molecular formula is C12H18N6O4S2. The van der Waals surface area contributed by atoms with Gasteiger partial charge in [0.05, 0.1) is 24.2 Å². The lowest BCUT2D eigenvalue weighted by molar-refractivity contribution is 0.0512. The van der Waals surface area contributed by atoms with Crippen molar-refractivity contribution in [3.8, 4) is 0 Å². The predicted molar refractivity (Wildman–Crippen MR) is 91.8 cm³/mol. The largest absolute Gasteiger partial charge is 0.461 e. The Balaban J connectivity index is 0.000000240. The molecule has 2 aromatic rings. The van der Waals surface area contributed by atoms with Gasteiger partial charge in [0.15, 0.2) is 11.4 Å². The average Bonchev–Trinajstić information content (AvgIpc) is 3.24. The molecule has 0 radical (unpaired) electrons. The maximum Gasteiger partial charge on any atom is 0.360 e. The second-order valence-corrected chi connectivity index (χ2v) is 5.50. The average molecular weight is 374 g/mol. The molecule has 2 aromatic heterocycles. The minimum absolute atomic E-state index is 0.240. The topological polar surface area (TPSA) is 154 Å². The van der Waals surface area contributed by atoms with E-state index in [1.807, 2.05) is 0 Å². The lowest BCUT2D eigenvalue weighted by atomic mass is 10.5. The molecule has 10 nitrogen and oxygen atoms in total. The fraction of sp³-hybridized carbons (Fsp3) is 0.333. The third kappa shape index (κ3) is 5.42. The molecule has 0 atom stereocenters. The van der Waals surface area contributed by atoms with Gasteiger partial charge in [-0.15, -0.1) is 22.7 Å². The summed E-state index contributed by atoms with van der Waals surface area (Å²) in [6.07, 6.45) is 0. The van der Waals surface area contributed by atoms with E-state index in [0.717, 1.165) is 0 Å². The van der Waals surface area contributed by atoms with E-state index >= 15 is 0 Å². The molecule has 0 fully saturated rings. The number of carbonyl (C=O) groups is 2. The number of esters is 2. The Kier molecular flexibility index (Phi) is 8.64. The van der Waals surface area contributed by atoms with E-state index in [-0.39, 0.29) is 11.4 Å². The number of nitrogens with two attached hydrogens (primary N) is 2. The number of rotatable bonds is 6. The highest BCUT2D eigenvalue weighted by Crippen LogP contribution is 2.19. The number of hydrogen-bond donors (Lipinski definition) is 4. The molecule has 0 aliphatic heterocycles. The molecule has 24 heavy (non-hydrogen) atoms. The van der Waals surface area contributed by atoms with Gasteiger partial charge in [-0.1, -0.05) is 0 Å². The zero-order valence-corrected chi connectivity index (χ0v) is 14.7. The summed E-state index contributed by atoms with van der Waals surface area (Å²) in [5.74, 6) is 9.38. The smallest absolute Gasteiger partial charge is 0.360 e. The third-order valence-electron chi connectivity index (χ3n) is 2.33. The Bertz CT molecular complexity index is 603. The first-order valence-electron chi connectivity index (χ1n) is 6.73. The summed E-state index contributed by atoms with van der Waals surface area (Å²) in [6.45, 7) is 4.14.